The summed E-state index contributed by atoms with van der Waals surface area (Å²) < 4.78 is 2.00. The molecule has 0 atom stereocenters. The summed E-state index contributed by atoms with van der Waals surface area (Å²) >= 11 is 3.29. The molecule has 0 unspecified atom stereocenters. The largest absolute Gasteiger partial charge is 0.476 e. The molecule has 2 aromatic carbocycles. The Balaban J connectivity index is 1.97. The number of carboxylic acid groups (broad SMARTS) is 1. The van der Waals surface area contributed by atoms with Gasteiger partial charge in [-0.15, -0.1) is 0 Å². The molecule has 1 heterocycles. The zero-order valence-electron chi connectivity index (χ0n) is 13.2. The number of halogens is 1. The fourth-order valence-corrected chi connectivity index (χ4v) is 2.60. The molecule has 2 N–H and O–H groups in total. The molecular formula is C18H11BrN4O3. The number of nitrogens with zero attached hydrogens (tertiary/aromatic N) is 3. The highest BCUT2D eigenvalue weighted by molar-refractivity contribution is 9.10. The van der Waals surface area contributed by atoms with E-state index in [4.69, 9.17) is 6.57 Å². The molecule has 0 radical (unpaired) electrons. The van der Waals surface area contributed by atoms with Gasteiger partial charge >= 0.3 is 5.97 Å². The number of hydrogen-bond acceptors (Lipinski definition) is 3. The summed E-state index contributed by atoms with van der Waals surface area (Å²) in [7, 11) is 0. The predicted molar refractivity (Wildman–Crippen MR) is 98.9 cm³/mol. The Morgan fingerprint density at radius 3 is 2.58 bits per heavy atom. The van der Waals surface area contributed by atoms with Crippen LogP contribution in [0.4, 0.5) is 11.4 Å². The van der Waals surface area contributed by atoms with Gasteiger partial charge in [-0.3, -0.25) is 4.79 Å². The Bertz CT molecular complexity index is 1040. The number of benzene rings is 2. The van der Waals surface area contributed by atoms with Crippen molar-refractivity contribution in [3.05, 3.63) is 81.9 Å². The van der Waals surface area contributed by atoms with E-state index in [1.54, 1.807) is 42.5 Å². The van der Waals surface area contributed by atoms with Gasteiger partial charge in [0.2, 0.25) is 0 Å². The maximum absolute atomic E-state index is 12.4. The van der Waals surface area contributed by atoms with Crippen molar-refractivity contribution in [2.75, 3.05) is 5.32 Å². The molecule has 0 fully saturated rings. The van der Waals surface area contributed by atoms with Crippen molar-refractivity contribution in [1.29, 1.82) is 0 Å². The van der Waals surface area contributed by atoms with Gasteiger partial charge in [-0.1, -0.05) is 28.1 Å². The number of anilines is 1. The first-order valence-electron chi connectivity index (χ1n) is 7.35. The second-order valence-electron chi connectivity index (χ2n) is 5.22. The number of aromatic carboxylic acids is 1. The molecule has 0 aliphatic carbocycles. The minimum Gasteiger partial charge on any atom is -0.476 e. The molecular weight excluding hydrogens is 400 g/mol. The number of amides is 1. The summed E-state index contributed by atoms with van der Waals surface area (Å²) in [6.07, 6.45) is 1.27. The third-order valence-corrected chi connectivity index (χ3v) is 4.06. The molecule has 3 aromatic rings. The van der Waals surface area contributed by atoms with Gasteiger partial charge in [-0.05, 0) is 36.4 Å². The van der Waals surface area contributed by atoms with Crippen LogP contribution in [0, 0.1) is 6.57 Å². The van der Waals surface area contributed by atoms with Crippen LogP contribution in [-0.4, -0.2) is 26.8 Å². The van der Waals surface area contributed by atoms with Crippen molar-refractivity contribution in [3.63, 3.8) is 0 Å². The molecule has 7 nitrogen and oxygen atoms in total. The fraction of sp³-hybridized carbons (Fsp3) is 0. The molecule has 0 spiro atoms. The highest BCUT2D eigenvalue weighted by atomic mass is 79.9. The first kappa shape index (κ1) is 17.4. The van der Waals surface area contributed by atoms with Crippen LogP contribution in [0.5, 0.6) is 0 Å². The standard InChI is InChI=1S/C18H11BrN4O3/c1-20-13-3-2-4-14(9-13)23-16(18(25)26)15(10-21-23)22-17(24)11-5-7-12(19)8-6-11/h2-10H,(H,22,24)(H,25,26). The second-order valence-corrected chi connectivity index (χ2v) is 6.13. The highest BCUT2D eigenvalue weighted by Crippen LogP contribution is 2.23. The number of carboxylic acids is 1. The maximum atomic E-state index is 12.4. The van der Waals surface area contributed by atoms with Crippen molar-refractivity contribution < 1.29 is 14.7 Å². The van der Waals surface area contributed by atoms with E-state index in [9.17, 15) is 14.7 Å². The molecule has 1 aromatic heterocycles. The minimum atomic E-state index is -1.25. The second kappa shape index (κ2) is 7.21. The fourth-order valence-electron chi connectivity index (χ4n) is 2.33. The zero-order valence-corrected chi connectivity index (χ0v) is 14.8. The molecule has 8 heteroatoms. The van der Waals surface area contributed by atoms with E-state index in [2.05, 4.69) is 31.2 Å². The molecule has 0 saturated carbocycles. The summed E-state index contributed by atoms with van der Waals surface area (Å²) in [5.41, 5.74) is 1.03. The Morgan fingerprint density at radius 2 is 1.92 bits per heavy atom. The van der Waals surface area contributed by atoms with E-state index < -0.39 is 11.9 Å². The number of carbonyl (C=O) groups is 2. The average Bonchev–Trinajstić information content (AvgIpc) is 3.06. The molecule has 0 saturated heterocycles. The van der Waals surface area contributed by atoms with Crippen LogP contribution in [0.1, 0.15) is 20.8 Å². The van der Waals surface area contributed by atoms with Crippen LogP contribution in [0.15, 0.2) is 59.2 Å². The number of rotatable bonds is 4. The summed E-state index contributed by atoms with van der Waals surface area (Å²) in [5, 5.41) is 16.2. The van der Waals surface area contributed by atoms with Gasteiger partial charge in [0.25, 0.3) is 5.91 Å². The van der Waals surface area contributed by atoms with E-state index in [1.165, 1.54) is 16.9 Å². The summed E-state index contributed by atoms with van der Waals surface area (Å²) in [6, 6.07) is 13.1. The van der Waals surface area contributed by atoms with Gasteiger partial charge in [0.05, 0.1) is 24.1 Å². The Kier molecular flexibility index (Phi) is 4.82. The van der Waals surface area contributed by atoms with Crippen LogP contribution in [-0.2, 0) is 0 Å². The number of nitrogens with one attached hydrogen (secondary N) is 1. The Labute approximate surface area is 156 Å². The minimum absolute atomic E-state index is 0.0682. The van der Waals surface area contributed by atoms with Gasteiger partial charge in [0.15, 0.2) is 11.4 Å². The normalized spacial score (nSPS) is 10.2. The molecule has 1 amide bonds. The Hall–Kier alpha value is -3.44. The SMILES string of the molecule is [C-]#[N+]c1cccc(-n2ncc(NC(=O)c3ccc(Br)cc3)c2C(=O)O)c1. The van der Waals surface area contributed by atoms with E-state index in [0.717, 1.165) is 4.47 Å². The molecule has 26 heavy (non-hydrogen) atoms. The lowest BCUT2D eigenvalue weighted by Crippen LogP contribution is -2.16. The van der Waals surface area contributed by atoms with Gasteiger partial charge < -0.3 is 10.4 Å². The zero-order chi connectivity index (χ0) is 18.7. The first-order valence-corrected chi connectivity index (χ1v) is 8.15. The van der Waals surface area contributed by atoms with E-state index in [0.29, 0.717) is 16.9 Å². The number of aromatic nitrogens is 2. The smallest absolute Gasteiger partial charge is 0.356 e. The third kappa shape index (κ3) is 3.48. The maximum Gasteiger partial charge on any atom is 0.356 e. The topological polar surface area (TPSA) is 88.6 Å². The lowest BCUT2D eigenvalue weighted by molar-refractivity contribution is 0.0688. The van der Waals surface area contributed by atoms with E-state index in [1.807, 2.05) is 0 Å². The molecule has 0 aliphatic heterocycles. The van der Waals surface area contributed by atoms with Crippen LogP contribution in [0.25, 0.3) is 10.5 Å². The van der Waals surface area contributed by atoms with Gasteiger partial charge in [0, 0.05) is 10.0 Å². The van der Waals surface area contributed by atoms with Crippen LogP contribution >= 0.6 is 15.9 Å². The predicted octanol–water partition coefficient (Wildman–Crippen LogP) is 4.14. The van der Waals surface area contributed by atoms with Crippen LogP contribution < -0.4 is 5.32 Å². The summed E-state index contributed by atoms with van der Waals surface area (Å²) in [6.45, 7) is 7.07. The Morgan fingerprint density at radius 1 is 1.19 bits per heavy atom. The van der Waals surface area contributed by atoms with Gasteiger partial charge in [0.1, 0.15) is 0 Å². The average molecular weight is 411 g/mol. The third-order valence-electron chi connectivity index (χ3n) is 3.53. The van der Waals surface area contributed by atoms with Gasteiger partial charge in [-0.25, -0.2) is 14.3 Å². The van der Waals surface area contributed by atoms with E-state index in [-0.39, 0.29) is 11.4 Å². The highest BCUT2D eigenvalue weighted by Gasteiger charge is 2.21. The summed E-state index contributed by atoms with van der Waals surface area (Å²) in [4.78, 5) is 27.4. The van der Waals surface area contributed by atoms with Crippen LogP contribution in [0.2, 0.25) is 0 Å². The molecule has 0 aliphatic rings. The van der Waals surface area contributed by atoms with Gasteiger partial charge in [-0.2, -0.15) is 5.10 Å². The van der Waals surface area contributed by atoms with Crippen molar-refractivity contribution in [2.45, 2.75) is 0 Å². The monoisotopic (exact) mass is 410 g/mol. The van der Waals surface area contributed by atoms with Crippen molar-refractivity contribution >= 4 is 39.2 Å². The lowest BCUT2D eigenvalue weighted by atomic mass is 10.2. The van der Waals surface area contributed by atoms with Crippen LogP contribution in [0.3, 0.4) is 0 Å². The molecule has 0 bridgehead atoms. The first-order chi connectivity index (χ1) is 12.5. The molecule has 3 rings (SSSR count). The quantitative estimate of drug-likeness (QED) is 0.632. The summed E-state index contributed by atoms with van der Waals surface area (Å²) in [5.74, 6) is -1.70. The molecule has 128 valence electrons. The number of hydrogen-bond donors (Lipinski definition) is 2. The number of carbonyl (C=O) groups excluding carboxylic acids is 1. The van der Waals surface area contributed by atoms with Crippen molar-refractivity contribution in [1.82, 2.24) is 9.78 Å². The van der Waals surface area contributed by atoms with E-state index >= 15 is 0 Å². The van der Waals surface area contributed by atoms with Crippen molar-refractivity contribution in [3.8, 4) is 5.69 Å². The lowest BCUT2D eigenvalue weighted by Gasteiger charge is -2.08. The van der Waals surface area contributed by atoms with Crippen molar-refractivity contribution in [2.24, 2.45) is 0 Å².